The van der Waals surface area contributed by atoms with Gasteiger partial charge in [0.15, 0.2) is 0 Å². The third-order valence-corrected chi connectivity index (χ3v) is 3.72. The van der Waals surface area contributed by atoms with Crippen LogP contribution in [0.3, 0.4) is 0 Å². The molecule has 1 aromatic heterocycles. The van der Waals surface area contributed by atoms with Gasteiger partial charge < -0.3 is 14.4 Å². The molecule has 0 saturated carbocycles. The van der Waals surface area contributed by atoms with E-state index in [1.54, 1.807) is 11.9 Å². The number of nitrogens with zero attached hydrogens (tertiary/aromatic N) is 1. The van der Waals surface area contributed by atoms with Crippen molar-refractivity contribution in [3.8, 4) is 0 Å². The topological polar surface area (TPSA) is 70.8 Å². The number of carbonyl (C=O) groups excluding carboxylic acids is 1. The second-order valence-corrected chi connectivity index (χ2v) is 5.91. The van der Waals surface area contributed by atoms with Crippen LogP contribution in [0.5, 0.6) is 0 Å². The highest BCUT2D eigenvalue weighted by molar-refractivity contribution is 8.00. The lowest BCUT2D eigenvalue weighted by Gasteiger charge is -2.16. The number of carbonyl (C=O) groups is 2. The van der Waals surface area contributed by atoms with Crippen LogP contribution in [0.2, 0.25) is 0 Å². The van der Waals surface area contributed by atoms with Crippen molar-refractivity contribution in [1.29, 1.82) is 0 Å². The van der Waals surface area contributed by atoms with Gasteiger partial charge in [-0.3, -0.25) is 9.59 Å². The molecule has 0 aliphatic carbocycles. The van der Waals surface area contributed by atoms with Crippen LogP contribution in [0.1, 0.15) is 24.9 Å². The standard InChI is InChI=1S/C13H19NO4S/c1-9-4-5-11(18-9)7-14(3)12(15)8-19-10(2)6-13(16)17/h4-5,10H,6-8H2,1-3H3,(H,16,17). The van der Waals surface area contributed by atoms with E-state index in [9.17, 15) is 9.59 Å². The number of aliphatic carboxylic acids is 1. The summed E-state index contributed by atoms with van der Waals surface area (Å²) in [5.41, 5.74) is 0. The van der Waals surface area contributed by atoms with Gasteiger partial charge in [-0.25, -0.2) is 0 Å². The maximum absolute atomic E-state index is 11.9. The molecule has 5 nitrogen and oxygen atoms in total. The summed E-state index contributed by atoms with van der Waals surface area (Å²) < 4.78 is 5.40. The summed E-state index contributed by atoms with van der Waals surface area (Å²) in [4.78, 5) is 24.0. The van der Waals surface area contributed by atoms with Gasteiger partial charge in [-0.2, -0.15) is 0 Å². The van der Waals surface area contributed by atoms with Crippen molar-refractivity contribution in [3.63, 3.8) is 0 Å². The van der Waals surface area contributed by atoms with Crippen molar-refractivity contribution in [2.45, 2.75) is 32.1 Å². The van der Waals surface area contributed by atoms with E-state index in [0.29, 0.717) is 6.54 Å². The first-order valence-electron chi connectivity index (χ1n) is 6.01. The minimum atomic E-state index is -0.841. The molecule has 0 saturated heterocycles. The van der Waals surface area contributed by atoms with Crippen molar-refractivity contribution in [2.24, 2.45) is 0 Å². The third kappa shape index (κ3) is 5.83. The van der Waals surface area contributed by atoms with Gasteiger partial charge in [-0.15, -0.1) is 11.8 Å². The van der Waals surface area contributed by atoms with Gasteiger partial charge in [0, 0.05) is 12.3 Å². The number of hydrogen-bond donors (Lipinski definition) is 1. The molecular formula is C13H19NO4S. The third-order valence-electron chi connectivity index (χ3n) is 2.57. The molecule has 1 rings (SSSR count). The van der Waals surface area contributed by atoms with Gasteiger partial charge in [0.2, 0.25) is 5.91 Å². The fraction of sp³-hybridized carbons (Fsp3) is 0.538. The fourth-order valence-electron chi connectivity index (χ4n) is 1.52. The Balaban J connectivity index is 2.34. The number of aryl methyl sites for hydroxylation is 1. The van der Waals surface area contributed by atoms with Crippen LogP contribution in [0.25, 0.3) is 0 Å². The lowest BCUT2D eigenvalue weighted by atomic mass is 10.3. The van der Waals surface area contributed by atoms with E-state index >= 15 is 0 Å². The zero-order chi connectivity index (χ0) is 14.4. The quantitative estimate of drug-likeness (QED) is 0.831. The van der Waals surface area contributed by atoms with Crippen molar-refractivity contribution in [3.05, 3.63) is 23.7 Å². The molecule has 0 bridgehead atoms. The number of hydrogen-bond acceptors (Lipinski definition) is 4. The highest BCUT2D eigenvalue weighted by atomic mass is 32.2. The number of rotatable bonds is 7. The fourth-order valence-corrected chi connectivity index (χ4v) is 2.43. The lowest BCUT2D eigenvalue weighted by Crippen LogP contribution is -2.28. The maximum Gasteiger partial charge on any atom is 0.304 e. The number of carboxylic acid groups (broad SMARTS) is 1. The van der Waals surface area contributed by atoms with Crippen LogP contribution < -0.4 is 0 Å². The van der Waals surface area contributed by atoms with Crippen LogP contribution in [0.15, 0.2) is 16.5 Å². The maximum atomic E-state index is 11.9. The summed E-state index contributed by atoms with van der Waals surface area (Å²) in [6.07, 6.45) is 0.0685. The van der Waals surface area contributed by atoms with E-state index in [0.717, 1.165) is 11.5 Å². The molecule has 1 heterocycles. The molecule has 1 N–H and O–H groups in total. The molecular weight excluding hydrogens is 266 g/mol. The van der Waals surface area contributed by atoms with Gasteiger partial charge in [-0.1, -0.05) is 6.92 Å². The van der Waals surface area contributed by atoms with Gasteiger partial charge in [-0.05, 0) is 19.1 Å². The summed E-state index contributed by atoms with van der Waals surface area (Å²) in [6, 6.07) is 3.71. The van der Waals surface area contributed by atoms with Crippen molar-refractivity contribution in [1.82, 2.24) is 4.90 Å². The average molecular weight is 285 g/mol. The summed E-state index contributed by atoms with van der Waals surface area (Å²) in [6.45, 7) is 4.09. The average Bonchev–Trinajstić information content (AvgIpc) is 2.70. The molecule has 1 unspecified atom stereocenters. The highest BCUT2D eigenvalue weighted by Crippen LogP contribution is 2.15. The zero-order valence-corrected chi connectivity index (χ0v) is 12.2. The number of furan rings is 1. The Labute approximate surface area is 117 Å². The van der Waals surface area contributed by atoms with E-state index in [1.807, 2.05) is 26.0 Å². The monoisotopic (exact) mass is 285 g/mol. The van der Waals surface area contributed by atoms with E-state index in [1.165, 1.54) is 11.8 Å². The molecule has 106 valence electrons. The SMILES string of the molecule is Cc1ccc(CN(C)C(=O)CSC(C)CC(=O)O)o1. The highest BCUT2D eigenvalue weighted by Gasteiger charge is 2.14. The Morgan fingerprint density at radius 1 is 1.47 bits per heavy atom. The number of carboxylic acids is 1. The number of amides is 1. The molecule has 19 heavy (non-hydrogen) atoms. The minimum absolute atomic E-state index is 0.0312. The summed E-state index contributed by atoms with van der Waals surface area (Å²) in [5.74, 6) is 0.977. The smallest absolute Gasteiger partial charge is 0.304 e. The first-order chi connectivity index (χ1) is 8.88. The Morgan fingerprint density at radius 2 is 2.16 bits per heavy atom. The molecule has 0 aliphatic rings. The van der Waals surface area contributed by atoms with Crippen LogP contribution in [0, 0.1) is 6.92 Å². The second kappa shape index (κ2) is 7.23. The molecule has 0 aliphatic heterocycles. The Bertz CT molecular complexity index is 444. The first kappa shape index (κ1) is 15.6. The molecule has 0 spiro atoms. The molecule has 1 aromatic rings. The second-order valence-electron chi connectivity index (χ2n) is 4.48. The molecule has 0 fully saturated rings. The first-order valence-corrected chi connectivity index (χ1v) is 7.06. The van der Waals surface area contributed by atoms with Crippen LogP contribution >= 0.6 is 11.8 Å². The Hall–Kier alpha value is -1.43. The van der Waals surface area contributed by atoms with Crippen LogP contribution in [0.4, 0.5) is 0 Å². The Morgan fingerprint density at radius 3 is 2.68 bits per heavy atom. The van der Waals surface area contributed by atoms with E-state index in [2.05, 4.69) is 0 Å². The van der Waals surface area contributed by atoms with E-state index in [-0.39, 0.29) is 23.3 Å². The molecule has 1 amide bonds. The van der Waals surface area contributed by atoms with Crippen LogP contribution in [-0.4, -0.2) is 39.9 Å². The van der Waals surface area contributed by atoms with E-state index in [4.69, 9.17) is 9.52 Å². The molecule has 1 atom stereocenters. The zero-order valence-electron chi connectivity index (χ0n) is 11.4. The lowest BCUT2D eigenvalue weighted by molar-refractivity contribution is -0.137. The normalized spacial score (nSPS) is 12.2. The van der Waals surface area contributed by atoms with Gasteiger partial charge in [0.05, 0.1) is 18.7 Å². The van der Waals surface area contributed by atoms with Crippen molar-refractivity contribution >= 4 is 23.6 Å². The predicted molar refractivity (Wildman–Crippen MR) is 74.1 cm³/mol. The number of thioether (sulfide) groups is 1. The van der Waals surface area contributed by atoms with E-state index < -0.39 is 5.97 Å². The van der Waals surface area contributed by atoms with Crippen LogP contribution in [-0.2, 0) is 16.1 Å². The molecule has 0 aromatic carbocycles. The van der Waals surface area contributed by atoms with Gasteiger partial charge in [0.25, 0.3) is 0 Å². The summed E-state index contributed by atoms with van der Waals surface area (Å²) in [7, 11) is 1.71. The largest absolute Gasteiger partial charge is 0.481 e. The minimum Gasteiger partial charge on any atom is -0.481 e. The van der Waals surface area contributed by atoms with Gasteiger partial charge in [0.1, 0.15) is 11.5 Å². The molecule has 6 heteroatoms. The van der Waals surface area contributed by atoms with Crippen molar-refractivity contribution in [2.75, 3.05) is 12.8 Å². The Kier molecular flexibility index (Phi) is 5.95. The van der Waals surface area contributed by atoms with Gasteiger partial charge >= 0.3 is 5.97 Å². The summed E-state index contributed by atoms with van der Waals surface area (Å²) in [5, 5.41) is 8.57. The molecule has 0 radical (unpaired) electrons. The summed E-state index contributed by atoms with van der Waals surface area (Å²) >= 11 is 1.35. The predicted octanol–water partition coefficient (Wildman–Crippen LogP) is 2.14. The van der Waals surface area contributed by atoms with Crippen molar-refractivity contribution < 1.29 is 19.1 Å².